The highest BCUT2D eigenvalue weighted by molar-refractivity contribution is 5.40. The van der Waals surface area contributed by atoms with Gasteiger partial charge in [-0.3, -0.25) is 9.78 Å². The molecule has 0 bridgehead atoms. The van der Waals surface area contributed by atoms with Crippen molar-refractivity contribution in [1.82, 2.24) is 9.97 Å². The van der Waals surface area contributed by atoms with Gasteiger partial charge in [0.15, 0.2) is 0 Å². The lowest BCUT2D eigenvalue weighted by molar-refractivity contribution is 0.393. The maximum atomic E-state index is 12.0. The highest BCUT2D eigenvalue weighted by Crippen LogP contribution is 2.25. The van der Waals surface area contributed by atoms with Crippen molar-refractivity contribution in [2.24, 2.45) is 0 Å². The first-order valence-electron chi connectivity index (χ1n) is 7.02. The maximum Gasteiger partial charge on any atom is 0.325 e. The second-order valence-corrected chi connectivity index (χ2v) is 5.35. The standard InChI is InChI=1S/C16H20N2O4/c1-9(2)14-13(17-16(20)18-15(14)19)7-10-5-11(21-3)8-12(6-10)22-4/h5-6,8-9H,7H2,1-4H3,(H2,17,18,19,20). The second-order valence-electron chi connectivity index (χ2n) is 5.35. The van der Waals surface area contributed by atoms with Crippen LogP contribution in [0.25, 0.3) is 0 Å². The molecule has 0 atom stereocenters. The predicted octanol–water partition coefficient (Wildman–Crippen LogP) is 1.79. The summed E-state index contributed by atoms with van der Waals surface area (Å²) in [5, 5.41) is 0. The van der Waals surface area contributed by atoms with Gasteiger partial charge in [0, 0.05) is 23.7 Å². The molecule has 0 fully saturated rings. The fourth-order valence-corrected chi connectivity index (χ4v) is 2.47. The van der Waals surface area contributed by atoms with Crippen molar-refractivity contribution >= 4 is 0 Å². The Morgan fingerprint density at radius 1 is 1.00 bits per heavy atom. The van der Waals surface area contributed by atoms with Gasteiger partial charge in [-0.25, -0.2) is 4.79 Å². The molecule has 6 heteroatoms. The van der Waals surface area contributed by atoms with Crippen molar-refractivity contribution in [3.63, 3.8) is 0 Å². The monoisotopic (exact) mass is 304 g/mol. The van der Waals surface area contributed by atoms with E-state index in [2.05, 4.69) is 9.97 Å². The summed E-state index contributed by atoms with van der Waals surface area (Å²) in [6, 6.07) is 5.48. The van der Waals surface area contributed by atoms with Gasteiger partial charge in [0.25, 0.3) is 5.56 Å². The quantitative estimate of drug-likeness (QED) is 0.882. The summed E-state index contributed by atoms with van der Waals surface area (Å²) in [6.45, 7) is 3.83. The molecule has 118 valence electrons. The lowest BCUT2D eigenvalue weighted by atomic mass is 9.98. The smallest absolute Gasteiger partial charge is 0.325 e. The Hall–Kier alpha value is -2.50. The van der Waals surface area contributed by atoms with Crippen molar-refractivity contribution in [2.75, 3.05) is 14.2 Å². The summed E-state index contributed by atoms with van der Waals surface area (Å²) < 4.78 is 10.5. The van der Waals surface area contributed by atoms with Crippen LogP contribution in [0.3, 0.4) is 0 Å². The first-order valence-corrected chi connectivity index (χ1v) is 7.02. The van der Waals surface area contributed by atoms with E-state index in [1.165, 1.54) is 0 Å². The van der Waals surface area contributed by atoms with Crippen LogP contribution in [-0.2, 0) is 6.42 Å². The normalized spacial score (nSPS) is 10.8. The van der Waals surface area contributed by atoms with Crippen molar-refractivity contribution in [3.8, 4) is 11.5 Å². The molecule has 1 aromatic carbocycles. The lowest BCUT2D eigenvalue weighted by Gasteiger charge is -2.12. The van der Waals surface area contributed by atoms with Crippen LogP contribution in [0.5, 0.6) is 11.5 Å². The van der Waals surface area contributed by atoms with Crippen LogP contribution in [0.4, 0.5) is 0 Å². The van der Waals surface area contributed by atoms with Gasteiger partial charge in [-0.1, -0.05) is 13.8 Å². The van der Waals surface area contributed by atoms with Crippen molar-refractivity contribution in [1.29, 1.82) is 0 Å². The molecule has 1 aromatic heterocycles. The van der Waals surface area contributed by atoms with Gasteiger partial charge in [0.2, 0.25) is 0 Å². The van der Waals surface area contributed by atoms with Crippen LogP contribution in [0, 0.1) is 0 Å². The highest BCUT2D eigenvalue weighted by Gasteiger charge is 2.14. The van der Waals surface area contributed by atoms with Gasteiger partial charge in [-0.15, -0.1) is 0 Å². The summed E-state index contributed by atoms with van der Waals surface area (Å²) in [6.07, 6.45) is 0.417. The van der Waals surface area contributed by atoms with E-state index in [-0.39, 0.29) is 11.5 Å². The first-order chi connectivity index (χ1) is 10.4. The number of H-pyrrole nitrogens is 2. The van der Waals surface area contributed by atoms with Crippen LogP contribution >= 0.6 is 0 Å². The first kappa shape index (κ1) is 15.9. The molecule has 2 rings (SSSR count). The minimum Gasteiger partial charge on any atom is -0.497 e. The Balaban J connectivity index is 2.51. The summed E-state index contributed by atoms with van der Waals surface area (Å²) in [7, 11) is 3.15. The van der Waals surface area contributed by atoms with E-state index in [1.54, 1.807) is 20.3 Å². The van der Waals surface area contributed by atoms with Crippen LogP contribution in [0.2, 0.25) is 0 Å². The van der Waals surface area contributed by atoms with Gasteiger partial charge in [0.1, 0.15) is 11.5 Å². The van der Waals surface area contributed by atoms with Crippen LogP contribution in [0.1, 0.15) is 36.6 Å². The minimum absolute atomic E-state index is 0.00287. The van der Waals surface area contributed by atoms with E-state index in [9.17, 15) is 9.59 Å². The number of aromatic nitrogens is 2. The molecule has 6 nitrogen and oxygen atoms in total. The third-order valence-corrected chi connectivity index (χ3v) is 3.43. The second kappa shape index (κ2) is 6.51. The average Bonchev–Trinajstić information content (AvgIpc) is 2.45. The van der Waals surface area contributed by atoms with E-state index in [0.717, 1.165) is 5.56 Å². The lowest BCUT2D eigenvalue weighted by Crippen LogP contribution is -2.28. The minimum atomic E-state index is -0.501. The summed E-state index contributed by atoms with van der Waals surface area (Å²) in [4.78, 5) is 28.6. The van der Waals surface area contributed by atoms with Gasteiger partial charge in [-0.2, -0.15) is 0 Å². The third-order valence-electron chi connectivity index (χ3n) is 3.43. The molecule has 22 heavy (non-hydrogen) atoms. The summed E-state index contributed by atoms with van der Waals surface area (Å²) in [5.41, 5.74) is 1.24. The summed E-state index contributed by atoms with van der Waals surface area (Å²) >= 11 is 0. The molecule has 0 unspecified atom stereocenters. The number of methoxy groups -OCH3 is 2. The molecule has 2 N–H and O–H groups in total. The van der Waals surface area contributed by atoms with Gasteiger partial charge >= 0.3 is 5.69 Å². The number of hydrogen-bond donors (Lipinski definition) is 2. The van der Waals surface area contributed by atoms with E-state index >= 15 is 0 Å². The van der Waals surface area contributed by atoms with E-state index < -0.39 is 5.69 Å². The molecule has 0 aliphatic heterocycles. The Morgan fingerprint density at radius 2 is 1.59 bits per heavy atom. The van der Waals surface area contributed by atoms with Crippen LogP contribution in [0.15, 0.2) is 27.8 Å². The van der Waals surface area contributed by atoms with Crippen molar-refractivity contribution < 1.29 is 9.47 Å². The SMILES string of the molecule is COc1cc(Cc2[nH]c(=O)[nH]c(=O)c2C(C)C)cc(OC)c1. The van der Waals surface area contributed by atoms with Crippen LogP contribution in [-0.4, -0.2) is 24.2 Å². The molecular weight excluding hydrogens is 284 g/mol. The topological polar surface area (TPSA) is 84.2 Å². The number of aromatic amines is 2. The highest BCUT2D eigenvalue weighted by atomic mass is 16.5. The van der Waals surface area contributed by atoms with Gasteiger partial charge in [-0.05, 0) is 23.6 Å². The zero-order chi connectivity index (χ0) is 16.3. The number of ether oxygens (including phenoxy) is 2. The van der Waals surface area contributed by atoms with E-state index in [1.807, 2.05) is 26.0 Å². The largest absolute Gasteiger partial charge is 0.497 e. The predicted molar refractivity (Wildman–Crippen MR) is 84.1 cm³/mol. The van der Waals surface area contributed by atoms with E-state index in [0.29, 0.717) is 29.2 Å². The molecule has 0 aliphatic rings. The molecule has 1 heterocycles. The third kappa shape index (κ3) is 3.39. The number of rotatable bonds is 5. The van der Waals surface area contributed by atoms with Crippen molar-refractivity contribution in [2.45, 2.75) is 26.2 Å². The van der Waals surface area contributed by atoms with E-state index in [4.69, 9.17) is 9.47 Å². The van der Waals surface area contributed by atoms with Gasteiger partial charge < -0.3 is 14.5 Å². The molecular formula is C16H20N2O4. The molecule has 2 aromatic rings. The molecule has 0 radical (unpaired) electrons. The molecule has 0 aliphatic carbocycles. The zero-order valence-electron chi connectivity index (χ0n) is 13.1. The molecule has 0 saturated heterocycles. The number of benzene rings is 1. The molecule has 0 saturated carbocycles. The fourth-order valence-electron chi connectivity index (χ4n) is 2.47. The Morgan fingerprint density at radius 3 is 2.09 bits per heavy atom. The number of nitrogens with one attached hydrogen (secondary N) is 2. The summed E-state index contributed by atoms with van der Waals surface area (Å²) in [5.74, 6) is 1.32. The molecule has 0 amide bonds. The maximum absolute atomic E-state index is 12.0. The van der Waals surface area contributed by atoms with Crippen LogP contribution < -0.4 is 20.7 Å². The number of hydrogen-bond acceptors (Lipinski definition) is 4. The average molecular weight is 304 g/mol. The zero-order valence-corrected chi connectivity index (χ0v) is 13.1. The van der Waals surface area contributed by atoms with Gasteiger partial charge in [0.05, 0.1) is 14.2 Å². The fraction of sp³-hybridized carbons (Fsp3) is 0.375. The Kier molecular flexibility index (Phi) is 4.70. The van der Waals surface area contributed by atoms with Crippen molar-refractivity contribution in [3.05, 3.63) is 55.9 Å². The molecule has 0 spiro atoms. The Labute approximate surface area is 128 Å². The Bertz CT molecular complexity index is 752.